The molecule has 0 amide bonds. The highest BCUT2D eigenvalue weighted by Crippen LogP contribution is 1.99. The van der Waals surface area contributed by atoms with Crippen LogP contribution in [0.5, 0.6) is 0 Å². The predicted octanol–water partition coefficient (Wildman–Crippen LogP) is -0.0564. The topological polar surface area (TPSA) is 36.4 Å². The van der Waals surface area contributed by atoms with Gasteiger partial charge in [0, 0.05) is 13.3 Å². The van der Waals surface area contributed by atoms with Gasteiger partial charge in [-0.15, -0.1) is 0 Å². The molecule has 0 aromatic heterocycles. The molecule has 1 rings (SSSR count). The van der Waals surface area contributed by atoms with Gasteiger partial charge in [-0.1, -0.05) is 0 Å². The van der Waals surface area contributed by atoms with E-state index < -0.39 is 0 Å². The van der Waals surface area contributed by atoms with E-state index in [0.717, 1.165) is 13.1 Å². The lowest BCUT2D eigenvalue weighted by Crippen LogP contribution is -2.40. The molecule has 0 aromatic carbocycles. The van der Waals surface area contributed by atoms with Crippen molar-refractivity contribution in [2.24, 2.45) is 5.10 Å². The molecule has 1 heterocycles. The van der Waals surface area contributed by atoms with E-state index >= 15 is 0 Å². The number of piperidine rings is 1. The van der Waals surface area contributed by atoms with E-state index in [2.05, 4.69) is 22.6 Å². The van der Waals surface area contributed by atoms with Gasteiger partial charge in [-0.05, 0) is 19.4 Å². The zero-order valence-corrected chi connectivity index (χ0v) is 5.56. The third-order valence-electron chi connectivity index (χ3n) is 1.57. The summed E-state index contributed by atoms with van der Waals surface area (Å²) < 4.78 is 0. The second kappa shape index (κ2) is 3.45. The van der Waals surface area contributed by atoms with E-state index in [1.807, 2.05) is 0 Å². The maximum absolute atomic E-state index is 3.62. The Balaban J connectivity index is 2.15. The van der Waals surface area contributed by atoms with E-state index in [9.17, 15) is 0 Å². The van der Waals surface area contributed by atoms with Crippen molar-refractivity contribution in [1.29, 1.82) is 0 Å². The van der Waals surface area contributed by atoms with Crippen molar-refractivity contribution in [1.82, 2.24) is 10.7 Å². The lowest BCUT2D eigenvalue weighted by Gasteiger charge is -2.21. The Morgan fingerprint density at radius 1 is 1.67 bits per heavy atom. The number of hydrazone groups is 1. The van der Waals surface area contributed by atoms with Crippen LogP contribution in [0.4, 0.5) is 0 Å². The molecule has 1 fully saturated rings. The standard InChI is InChI=1S/C6H13N3/c1-7-9-6-3-2-4-8-5-6/h6,8-9H,1-5H2. The Morgan fingerprint density at radius 2 is 2.56 bits per heavy atom. The van der Waals surface area contributed by atoms with E-state index in [1.54, 1.807) is 0 Å². The second-order valence-corrected chi connectivity index (χ2v) is 2.33. The van der Waals surface area contributed by atoms with Gasteiger partial charge < -0.3 is 10.7 Å². The third-order valence-corrected chi connectivity index (χ3v) is 1.57. The van der Waals surface area contributed by atoms with Crippen LogP contribution in [0.2, 0.25) is 0 Å². The van der Waals surface area contributed by atoms with Crippen molar-refractivity contribution in [2.45, 2.75) is 18.9 Å². The van der Waals surface area contributed by atoms with Crippen LogP contribution < -0.4 is 10.7 Å². The van der Waals surface area contributed by atoms with Crippen LogP contribution in [0, 0.1) is 0 Å². The molecule has 1 atom stereocenters. The van der Waals surface area contributed by atoms with Crippen LogP contribution in [0.3, 0.4) is 0 Å². The molecule has 1 aliphatic heterocycles. The Bertz CT molecular complexity index is 86.3. The van der Waals surface area contributed by atoms with Crippen LogP contribution in [0.25, 0.3) is 0 Å². The summed E-state index contributed by atoms with van der Waals surface area (Å²) in [5.74, 6) is 0. The fourth-order valence-electron chi connectivity index (χ4n) is 1.09. The van der Waals surface area contributed by atoms with Gasteiger partial charge in [0.15, 0.2) is 0 Å². The molecule has 9 heavy (non-hydrogen) atoms. The molecule has 0 saturated carbocycles. The number of nitrogens with one attached hydrogen (secondary N) is 2. The highest BCUT2D eigenvalue weighted by molar-refractivity contribution is 5.22. The van der Waals surface area contributed by atoms with Crippen molar-refractivity contribution in [3.8, 4) is 0 Å². The largest absolute Gasteiger partial charge is 0.315 e. The molecule has 52 valence electrons. The van der Waals surface area contributed by atoms with Gasteiger partial charge in [0.05, 0.1) is 6.04 Å². The monoisotopic (exact) mass is 127 g/mol. The molecule has 0 aliphatic carbocycles. The molecule has 0 bridgehead atoms. The SMILES string of the molecule is C=NNC1CCCNC1. The maximum Gasteiger partial charge on any atom is 0.0564 e. The molecule has 3 nitrogen and oxygen atoms in total. The minimum Gasteiger partial charge on any atom is -0.315 e. The first-order valence-electron chi connectivity index (χ1n) is 3.35. The summed E-state index contributed by atoms with van der Waals surface area (Å²) in [6, 6.07) is 0.510. The minimum absolute atomic E-state index is 0.510. The molecule has 0 aromatic rings. The molecule has 3 heteroatoms. The molecule has 1 aliphatic rings. The zero-order chi connectivity index (χ0) is 6.53. The smallest absolute Gasteiger partial charge is 0.0564 e. The lowest BCUT2D eigenvalue weighted by atomic mass is 10.1. The molecule has 1 unspecified atom stereocenters. The second-order valence-electron chi connectivity index (χ2n) is 2.33. The summed E-state index contributed by atoms with van der Waals surface area (Å²) in [5, 5.41) is 6.89. The van der Waals surface area contributed by atoms with Gasteiger partial charge in [-0.2, -0.15) is 5.10 Å². The number of hydrogen-bond donors (Lipinski definition) is 2. The van der Waals surface area contributed by atoms with E-state index in [1.165, 1.54) is 12.8 Å². The lowest BCUT2D eigenvalue weighted by molar-refractivity contribution is 0.399. The maximum atomic E-state index is 3.62. The first kappa shape index (κ1) is 6.55. The average molecular weight is 127 g/mol. The summed E-state index contributed by atoms with van der Waals surface area (Å²) in [5.41, 5.74) is 2.94. The Labute approximate surface area is 55.5 Å². The molecular weight excluding hydrogens is 114 g/mol. The van der Waals surface area contributed by atoms with Crippen LogP contribution >= 0.6 is 0 Å². The Kier molecular flexibility index (Phi) is 2.51. The van der Waals surface area contributed by atoms with E-state index in [0.29, 0.717) is 6.04 Å². The van der Waals surface area contributed by atoms with Crippen molar-refractivity contribution < 1.29 is 0 Å². The quantitative estimate of drug-likeness (QED) is 0.403. The molecule has 1 saturated heterocycles. The van der Waals surface area contributed by atoms with Gasteiger partial charge >= 0.3 is 0 Å². The Morgan fingerprint density at radius 3 is 3.11 bits per heavy atom. The summed E-state index contributed by atoms with van der Waals surface area (Å²) in [6.07, 6.45) is 2.46. The van der Waals surface area contributed by atoms with Gasteiger partial charge in [-0.3, -0.25) is 0 Å². The van der Waals surface area contributed by atoms with Gasteiger partial charge in [0.2, 0.25) is 0 Å². The number of rotatable bonds is 2. The fraction of sp³-hybridized carbons (Fsp3) is 0.833. The normalized spacial score (nSPS) is 27.3. The highest BCUT2D eigenvalue weighted by atomic mass is 15.3. The highest BCUT2D eigenvalue weighted by Gasteiger charge is 2.09. The minimum atomic E-state index is 0.510. The van der Waals surface area contributed by atoms with Crippen molar-refractivity contribution >= 4 is 6.72 Å². The summed E-state index contributed by atoms with van der Waals surface area (Å²) >= 11 is 0. The van der Waals surface area contributed by atoms with Crippen LogP contribution in [-0.4, -0.2) is 25.8 Å². The molecule has 0 radical (unpaired) electrons. The van der Waals surface area contributed by atoms with Gasteiger partial charge in [0.25, 0.3) is 0 Å². The number of nitrogens with zero attached hydrogens (tertiary/aromatic N) is 1. The van der Waals surface area contributed by atoms with Crippen molar-refractivity contribution in [3.63, 3.8) is 0 Å². The average Bonchev–Trinajstić information content (AvgIpc) is 1.91. The fourth-order valence-corrected chi connectivity index (χ4v) is 1.09. The van der Waals surface area contributed by atoms with Crippen LogP contribution in [0.15, 0.2) is 5.10 Å². The molecule has 2 N–H and O–H groups in total. The third kappa shape index (κ3) is 2.01. The van der Waals surface area contributed by atoms with Crippen LogP contribution in [0.1, 0.15) is 12.8 Å². The van der Waals surface area contributed by atoms with Crippen LogP contribution in [-0.2, 0) is 0 Å². The molecular formula is C6H13N3. The summed E-state index contributed by atoms with van der Waals surface area (Å²) in [7, 11) is 0. The first-order chi connectivity index (χ1) is 4.43. The zero-order valence-electron chi connectivity index (χ0n) is 5.56. The predicted molar refractivity (Wildman–Crippen MR) is 38.6 cm³/mol. The van der Waals surface area contributed by atoms with Crippen molar-refractivity contribution in [3.05, 3.63) is 0 Å². The molecule has 0 spiro atoms. The number of hydrogen-bond acceptors (Lipinski definition) is 3. The Hall–Kier alpha value is -0.570. The van der Waals surface area contributed by atoms with Gasteiger partial charge in [0.1, 0.15) is 0 Å². The van der Waals surface area contributed by atoms with E-state index in [4.69, 9.17) is 0 Å². The first-order valence-corrected chi connectivity index (χ1v) is 3.35. The van der Waals surface area contributed by atoms with Gasteiger partial charge in [-0.25, -0.2) is 0 Å². The van der Waals surface area contributed by atoms with Crippen molar-refractivity contribution in [2.75, 3.05) is 13.1 Å². The van der Waals surface area contributed by atoms with E-state index in [-0.39, 0.29) is 0 Å². The summed E-state index contributed by atoms with van der Waals surface area (Å²) in [6.45, 7) is 5.54. The summed E-state index contributed by atoms with van der Waals surface area (Å²) in [4.78, 5) is 0.